The van der Waals surface area contributed by atoms with Crippen LogP contribution in [-0.2, 0) is 32.7 Å². The molecule has 0 saturated carbocycles. The molecule has 0 heterocycles. The Hall–Kier alpha value is -0.760. The van der Waals surface area contributed by atoms with Crippen LogP contribution in [0.15, 0.2) is 29.2 Å². The first kappa shape index (κ1) is 18.3. The van der Waals surface area contributed by atoms with Gasteiger partial charge in [-0.05, 0) is 19.1 Å². The van der Waals surface area contributed by atoms with Crippen LogP contribution in [0.25, 0.3) is 0 Å². The van der Waals surface area contributed by atoms with E-state index in [1.807, 2.05) is 6.92 Å². The van der Waals surface area contributed by atoms with Gasteiger partial charge in [0.1, 0.15) is 6.35 Å². The Labute approximate surface area is 124 Å². The largest absolute Gasteiger partial charge is 0.366 e. The zero-order chi connectivity index (χ0) is 15.9. The maximum Gasteiger partial charge on any atom is 0.355 e. The van der Waals surface area contributed by atoms with Crippen LogP contribution in [0.3, 0.4) is 0 Å². The summed E-state index contributed by atoms with van der Waals surface area (Å²) in [4.78, 5) is 0.0764. The zero-order valence-corrected chi connectivity index (χ0v) is 13.9. The summed E-state index contributed by atoms with van der Waals surface area (Å²) in [5, 5.41) is 0. The van der Waals surface area contributed by atoms with Gasteiger partial charge in [0.25, 0.3) is 10.1 Å². The van der Waals surface area contributed by atoms with E-state index in [0.717, 1.165) is 5.56 Å². The molecule has 0 atom stereocenters. The molecular formula is C12H19O7PS. The van der Waals surface area contributed by atoms with Crippen molar-refractivity contribution in [2.45, 2.75) is 11.8 Å². The predicted octanol–water partition coefficient (Wildman–Crippen LogP) is 2.16. The monoisotopic (exact) mass is 338 g/mol. The van der Waals surface area contributed by atoms with Gasteiger partial charge in [0.05, 0.1) is 18.1 Å². The first-order valence-corrected chi connectivity index (χ1v) is 9.21. The SMILES string of the molecule is COP(=O)(COCCOS(=O)(=O)c1ccc(C)cc1)OC. The molecule has 0 aliphatic carbocycles. The topological polar surface area (TPSA) is 88.1 Å². The highest BCUT2D eigenvalue weighted by Crippen LogP contribution is 2.45. The molecule has 0 N–H and O–H groups in total. The van der Waals surface area contributed by atoms with Crippen molar-refractivity contribution in [2.24, 2.45) is 0 Å². The predicted molar refractivity (Wildman–Crippen MR) is 76.8 cm³/mol. The van der Waals surface area contributed by atoms with Gasteiger partial charge in [-0.15, -0.1) is 0 Å². The van der Waals surface area contributed by atoms with Crippen molar-refractivity contribution in [2.75, 3.05) is 33.8 Å². The fraction of sp³-hybridized carbons (Fsp3) is 0.500. The van der Waals surface area contributed by atoms with E-state index in [4.69, 9.17) is 8.92 Å². The van der Waals surface area contributed by atoms with Gasteiger partial charge in [-0.3, -0.25) is 8.75 Å². The molecule has 1 rings (SSSR count). The molecule has 7 nitrogen and oxygen atoms in total. The zero-order valence-electron chi connectivity index (χ0n) is 12.1. The third-order valence-corrected chi connectivity index (χ3v) is 5.52. The van der Waals surface area contributed by atoms with E-state index in [0.29, 0.717) is 0 Å². The normalized spacial score (nSPS) is 12.5. The van der Waals surface area contributed by atoms with E-state index >= 15 is 0 Å². The first-order valence-electron chi connectivity index (χ1n) is 6.07. The highest BCUT2D eigenvalue weighted by atomic mass is 32.2. The smallest absolute Gasteiger partial charge is 0.355 e. The van der Waals surface area contributed by atoms with Gasteiger partial charge in [0.15, 0.2) is 0 Å². The molecule has 0 amide bonds. The summed E-state index contributed by atoms with van der Waals surface area (Å²) >= 11 is 0. The number of ether oxygens (including phenoxy) is 1. The van der Waals surface area contributed by atoms with Crippen molar-refractivity contribution in [3.05, 3.63) is 29.8 Å². The second-order valence-corrected chi connectivity index (χ2v) is 7.93. The van der Waals surface area contributed by atoms with Crippen LogP contribution >= 0.6 is 7.60 Å². The lowest BCUT2D eigenvalue weighted by atomic mass is 10.2. The van der Waals surface area contributed by atoms with Crippen LogP contribution in [-0.4, -0.2) is 42.2 Å². The molecule has 9 heteroatoms. The highest BCUT2D eigenvalue weighted by molar-refractivity contribution is 7.86. The summed E-state index contributed by atoms with van der Waals surface area (Å²) in [6.45, 7) is 1.61. The van der Waals surface area contributed by atoms with E-state index in [2.05, 4.69) is 9.05 Å². The Balaban J connectivity index is 2.42. The molecule has 120 valence electrons. The molecule has 0 aliphatic heterocycles. The Bertz CT molecular complexity index is 574. The second kappa shape index (κ2) is 8.03. The minimum absolute atomic E-state index is 0.0538. The Morgan fingerprint density at radius 3 is 2.14 bits per heavy atom. The average molecular weight is 338 g/mol. The van der Waals surface area contributed by atoms with Crippen molar-refractivity contribution in [3.8, 4) is 0 Å². The molecule has 0 aliphatic rings. The Kier molecular flexibility index (Phi) is 6.99. The third kappa shape index (κ3) is 5.86. The van der Waals surface area contributed by atoms with Crippen molar-refractivity contribution in [1.82, 2.24) is 0 Å². The van der Waals surface area contributed by atoms with Crippen LogP contribution in [0.1, 0.15) is 5.56 Å². The van der Waals surface area contributed by atoms with Gasteiger partial charge in [-0.25, -0.2) is 0 Å². The highest BCUT2D eigenvalue weighted by Gasteiger charge is 2.21. The second-order valence-electron chi connectivity index (χ2n) is 4.10. The number of hydrogen-bond donors (Lipinski definition) is 0. The number of hydrogen-bond acceptors (Lipinski definition) is 7. The number of rotatable bonds is 9. The summed E-state index contributed by atoms with van der Waals surface area (Å²) in [7, 11) is -4.58. The van der Waals surface area contributed by atoms with Crippen molar-refractivity contribution >= 4 is 17.7 Å². The number of aryl methyl sites for hydroxylation is 1. The fourth-order valence-electron chi connectivity index (χ4n) is 1.33. The van der Waals surface area contributed by atoms with Crippen LogP contribution in [0, 0.1) is 6.92 Å². The average Bonchev–Trinajstić information content (AvgIpc) is 2.47. The van der Waals surface area contributed by atoms with Gasteiger partial charge >= 0.3 is 7.60 Å². The minimum atomic E-state index is -3.82. The summed E-state index contributed by atoms with van der Waals surface area (Å²) in [6, 6.07) is 6.30. The van der Waals surface area contributed by atoms with Crippen LogP contribution in [0.2, 0.25) is 0 Å². The van der Waals surface area contributed by atoms with E-state index in [-0.39, 0.29) is 24.5 Å². The molecule has 0 saturated heterocycles. The van der Waals surface area contributed by atoms with Gasteiger partial charge in [0.2, 0.25) is 0 Å². The maximum atomic E-state index is 11.8. The van der Waals surface area contributed by atoms with Gasteiger partial charge in [0, 0.05) is 14.2 Å². The minimum Gasteiger partial charge on any atom is -0.366 e. The van der Waals surface area contributed by atoms with E-state index in [9.17, 15) is 13.0 Å². The molecule has 21 heavy (non-hydrogen) atoms. The van der Waals surface area contributed by atoms with Gasteiger partial charge in [-0.1, -0.05) is 17.7 Å². The summed E-state index contributed by atoms with van der Waals surface area (Å²) in [5.74, 6) is 0. The molecule has 0 bridgehead atoms. The quantitative estimate of drug-likeness (QED) is 0.387. The van der Waals surface area contributed by atoms with Crippen LogP contribution < -0.4 is 0 Å². The number of benzene rings is 1. The molecule has 1 aromatic carbocycles. The molecule has 0 aromatic heterocycles. The lowest BCUT2D eigenvalue weighted by molar-refractivity contribution is 0.115. The Morgan fingerprint density at radius 1 is 1.05 bits per heavy atom. The lowest BCUT2D eigenvalue weighted by Crippen LogP contribution is -2.12. The third-order valence-electron chi connectivity index (χ3n) is 2.58. The summed E-state index contributed by atoms with van der Waals surface area (Å²) in [5.41, 5.74) is 0.951. The first-order chi connectivity index (χ1) is 9.83. The van der Waals surface area contributed by atoms with E-state index in [1.54, 1.807) is 12.1 Å². The van der Waals surface area contributed by atoms with Gasteiger partial charge in [-0.2, -0.15) is 8.42 Å². The molecule has 0 spiro atoms. The van der Waals surface area contributed by atoms with Crippen molar-refractivity contribution < 1.29 is 31.0 Å². The lowest BCUT2D eigenvalue weighted by Gasteiger charge is -2.13. The summed E-state index contributed by atoms with van der Waals surface area (Å²) < 4.78 is 54.5. The maximum absolute atomic E-state index is 11.8. The molecule has 0 unspecified atom stereocenters. The van der Waals surface area contributed by atoms with E-state index < -0.39 is 17.7 Å². The molecule has 1 aromatic rings. The van der Waals surface area contributed by atoms with Crippen LogP contribution in [0.5, 0.6) is 0 Å². The van der Waals surface area contributed by atoms with Crippen molar-refractivity contribution in [3.63, 3.8) is 0 Å². The van der Waals surface area contributed by atoms with E-state index in [1.165, 1.54) is 26.4 Å². The van der Waals surface area contributed by atoms with Crippen molar-refractivity contribution in [1.29, 1.82) is 0 Å². The molecular weight excluding hydrogens is 319 g/mol. The summed E-state index contributed by atoms with van der Waals surface area (Å²) in [6.07, 6.45) is -0.270. The Morgan fingerprint density at radius 2 is 1.62 bits per heavy atom. The standard InChI is InChI=1S/C12H19O7PS/c1-11-4-6-12(7-5-11)21(14,15)19-9-8-18-10-20(13,16-2)17-3/h4-7H,8-10H2,1-3H3. The fourth-order valence-corrected chi connectivity index (χ4v) is 2.94. The molecule has 0 radical (unpaired) electrons. The van der Waals surface area contributed by atoms with Crippen LogP contribution in [0.4, 0.5) is 0 Å². The molecule has 0 fully saturated rings. The van der Waals surface area contributed by atoms with Gasteiger partial charge < -0.3 is 13.8 Å².